The van der Waals surface area contributed by atoms with E-state index in [-0.39, 0.29) is 5.43 Å². The van der Waals surface area contributed by atoms with Crippen molar-refractivity contribution in [2.24, 2.45) is 0 Å². The number of halogens is 1. The lowest BCUT2D eigenvalue weighted by Gasteiger charge is -2.07. The van der Waals surface area contributed by atoms with E-state index in [2.05, 4.69) is 4.98 Å². The van der Waals surface area contributed by atoms with Gasteiger partial charge in [0.2, 0.25) is 0 Å². The minimum atomic E-state index is 0.0437. The minimum absolute atomic E-state index is 0.0437. The first-order valence-corrected chi connectivity index (χ1v) is 6.75. The first-order chi connectivity index (χ1) is 9.75. The summed E-state index contributed by atoms with van der Waals surface area (Å²) in [6, 6.07) is 17.1. The summed E-state index contributed by atoms with van der Waals surface area (Å²) < 4.78 is 0. The van der Waals surface area contributed by atoms with Crippen LogP contribution in [0.5, 0.6) is 0 Å². The molecule has 3 aromatic carbocycles. The molecule has 0 saturated heterocycles. The number of aromatic nitrogens is 1. The largest absolute Gasteiger partial charge is 0.354 e. The lowest BCUT2D eigenvalue weighted by atomic mass is 10.0. The summed E-state index contributed by atoms with van der Waals surface area (Å²) in [4.78, 5) is 16.1. The highest BCUT2D eigenvalue weighted by Crippen LogP contribution is 2.28. The standard InChI is InChI=1S/C17H10ClNO/c18-13-6-3-5-11-10(13)8-9-15-16(11)17(20)12-4-1-2-7-14(12)19-15/h1-9H,(H,19,20). The van der Waals surface area contributed by atoms with Crippen molar-refractivity contribution in [3.8, 4) is 0 Å². The molecule has 0 spiro atoms. The monoisotopic (exact) mass is 279 g/mol. The van der Waals surface area contributed by atoms with Crippen molar-refractivity contribution >= 4 is 44.2 Å². The van der Waals surface area contributed by atoms with E-state index in [4.69, 9.17) is 11.6 Å². The lowest BCUT2D eigenvalue weighted by molar-refractivity contribution is 1.49. The van der Waals surface area contributed by atoms with Gasteiger partial charge in [0.05, 0.1) is 10.9 Å². The number of H-pyrrole nitrogens is 1. The summed E-state index contributed by atoms with van der Waals surface area (Å²) in [5, 5.41) is 3.86. The van der Waals surface area contributed by atoms with Crippen LogP contribution in [0.3, 0.4) is 0 Å². The van der Waals surface area contributed by atoms with Crippen LogP contribution in [0.25, 0.3) is 32.6 Å². The second kappa shape index (κ2) is 4.09. The number of pyridine rings is 1. The molecule has 0 radical (unpaired) electrons. The van der Waals surface area contributed by atoms with Crippen molar-refractivity contribution in [3.63, 3.8) is 0 Å². The van der Waals surface area contributed by atoms with Gasteiger partial charge in [-0.1, -0.05) is 41.9 Å². The molecule has 96 valence electrons. The number of aromatic amines is 1. The minimum Gasteiger partial charge on any atom is -0.354 e. The molecule has 0 aliphatic rings. The Labute approximate surface area is 119 Å². The van der Waals surface area contributed by atoms with E-state index in [0.717, 1.165) is 21.8 Å². The molecule has 1 aromatic heterocycles. The molecule has 20 heavy (non-hydrogen) atoms. The van der Waals surface area contributed by atoms with E-state index >= 15 is 0 Å². The van der Waals surface area contributed by atoms with Gasteiger partial charge < -0.3 is 4.98 Å². The first-order valence-electron chi connectivity index (χ1n) is 6.38. The summed E-state index contributed by atoms with van der Waals surface area (Å²) in [6.45, 7) is 0. The van der Waals surface area contributed by atoms with Crippen LogP contribution >= 0.6 is 11.6 Å². The molecule has 0 amide bonds. The molecule has 0 bridgehead atoms. The molecule has 0 unspecified atom stereocenters. The van der Waals surface area contributed by atoms with Gasteiger partial charge in [-0.15, -0.1) is 0 Å². The van der Waals surface area contributed by atoms with Crippen molar-refractivity contribution in [3.05, 3.63) is 69.8 Å². The second-order valence-electron chi connectivity index (χ2n) is 4.82. The van der Waals surface area contributed by atoms with Crippen LogP contribution in [0.15, 0.2) is 59.4 Å². The third-order valence-corrected chi connectivity index (χ3v) is 4.01. The van der Waals surface area contributed by atoms with Crippen LogP contribution in [-0.4, -0.2) is 4.98 Å². The maximum Gasteiger partial charge on any atom is 0.197 e. The highest BCUT2D eigenvalue weighted by atomic mass is 35.5. The smallest absolute Gasteiger partial charge is 0.197 e. The summed E-state index contributed by atoms with van der Waals surface area (Å²) in [6.07, 6.45) is 0. The number of benzene rings is 3. The highest BCUT2D eigenvalue weighted by Gasteiger charge is 2.09. The van der Waals surface area contributed by atoms with Crippen LogP contribution in [0.4, 0.5) is 0 Å². The van der Waals surface area contributed by atoms with E-state index in [1.807, 2.05) is 54.6 Å². The van der Waals surface area contributed by atoms with Crippen molar-refractivity contribution in [1.82, 2.24) is 4.98 Å². The molecule has 2 nitrogen and oxygen atoms in total. The molecule has 0 saturated carbocycles. The van der Waals surface area contributed by atoms with Gasteiger partial charge in [-0.3, -0.25) is 4.79 Å². The maximum atomic E-state index is 12.8. The van der Waals surface area contributed by atoms with E-state index < -0.39 is 0 Å². The van der Waals surface area contributed by atoms with E-state index in [1.165, 1.54) is 0 Å². The summed E-state index contributed by atoms with van der Waals surface area (Å²) in [7, 11) is 0. The maximum absolute atomic E-state index is 12.8. The quantitative estimate of drug-likeness (QED) is 0.373. The second-order valence-corrected chi connectivity index (χ2v) is 5.23. The predicted molar refractivity (Wildman–Crippen MR) is 84.6 cm³/mol. The Hall–Kier alpha value is -2.32. The van der Waals surface area contributed by atoms with Crippen LogP contribution < -0.4 is 5.43 Å². The van der Waals surface area contributed by atoms with Crippen LogP contribution in [-0.2, 0) is 0 Å². The summed E-state index contributed by atoms with van der Waals surface area (Å²) in [5.74, 6) is 0. The van der Waals surface area contributed by atoms with Crippen molar-refractivity contribution in [2.45, 2.75) is 0 Å². The summed E-state index contributed by atoms with van der Waals surface area (Å²) in [5.41, 5.74) is 1.73. The van der Waals surface area contributed by atoms with Crippen molar-refractivity contribution < 1.29 is 0 Å². The number of hydrogen-bond acceptors (Lipinski definition) is 1. The highest BCUT2D eigenvalue weighted by molar-refractivity contribution is 6.36. The Kier molecular flexibility index (Phi) is 2.35. The number of para-hydroxylation sites is 1. The number of fused-ring (bicyclic) bond motifs is 4. The zero-order chi connectivity index (χ0) is 13.7. The van der Waals surface area contributed by atoms with Gasteiger partial charge in [0.15, 0.2) is 5.43 Å². The van der Waals surface area contributed by atoms with Gasteiger partial charge in [0, 0.05) is 21.3 Å². The zero-order valence-corrected chi connectivity index (χ0v) is 11.2. The number of hydrogen-bond donors (Lipinski definition) is 1. The van der Waals surface area contributed by atoms with Gasteiger partial charge in [0.25, 0.3) is 0 Å². The van der Waals surface area contributed by atoms with Gasteiger partial charge in [-0.25, -0.2) is 0 Å². The molecular formula is C17H10ClNO. The molecule has 4 aromatic rings. The molecule has 0 aliphatic carbocycles. The van der Waals surface area contributed by atoms with Crippen LogP contribution in [0, 0.1) is 0 Å². The molecule has 0 fully saturated rings. The molecule has 3 heteroatoms. The first kappa shape index (κ1) is 11.5. The third-order valence-electron chi connectivity index (χ3n) is 3.68. The molecule has 0 aliphatic heterocycles. The number of nitrogens with one attached hydrogen (secondary N) is 1. The van der Waals surface area contributed by atoms with Crippen LogP contribution in [0.1, 0.15) is 0 Å². The van der Waals surface area contributed by atoms with Crippen LogP contribution in [0.2, 0.25) is 5.02 Å². The fraction of sp³-hybridized carbons (Fsp3) is 0. The lowest BCUT2D eigenvalue weighted by Crippen LogP contribution is -2.04. The van der Waals surface area contributed by atoms with E-state index in [1.54, 1.807) is 0 Å². The fourth-order valence-corrected chi connectivity index (χ4v) is 2.98. The fourth-order valence-electron chi connectivity index (χ4n) is 2.74. The molecule has 1 heterocycles. The average molecular weight is 280 g/mol. The average Bonchev–Trinajstić information content (AvgIpc) is 2.47. The number of rotatable bonds is 0. The van der Waals surface area contributed by atoms with E-state index in [0.29, 0.717) is 15.8 Å². The zero-order valence-electron chi connectivity index (χ0n) is 10.5. The van der Waals surface area contributed by atoms with Gasteiger partial charge in [-0.05, 0) is 29.7 Å². The normalized spacial score (nSPS) is 11.4. The van der Waals surface area contributed by atoms with Gasteiger partial charge in [0.1, 0.15) is 0 Å². The van der Waals surface area contributed by atoms with Crippen molar-refractivity contribution in [1.29, 1.82) is 0 Å². The third kappa shape index (κ3) is 1.49. The Balaban J connectivity index is 2.36. The topological polar surface area (TPSA) is 32.9 Å². The Morgan fingerprint density at radius 2 is 1.55 bits per heavy atom. The van der Waals surface area contributed by atoms with Gasteiger partial charge in [-0.2, -0.15) is 0 Å². The SMILES string of the molecule is O=c1c2ccccc2[nH]c2ccc3c(Cl)cccc3c12. The van der Waals surface area contributed by atoms with Crippen molar-refractivity contribution in [2.75, 3.05) is 0 Å². The summed E-state index contributed by atoms with van der Waals surface area (Å²) >= 11 is 6.22. The Morgan fingerprint density at radius 3 is 2.45 bits per heavy atom. The predicted octanol–water partition coefficient (Wildman–Crippen LogP) is 4.49. The van der Waals surface area contributed by atoms with E-state index in [9.17, 15) is 4.79 Å². The molecule has 0 atom stereocenters. The molecule has 4 rings (SSSR count). The van der Waals surface area contributed by atoms with Gasteiger partial charge >= 0.3 is 0 Å². The molecular weight excluding hydrogens is 270 g/mol. The molecule has 1 N–H and O–H groups in total. The Morgan fingerprint density at radius 1 is 0.750 bits per heavy atom. The Bertz CT molecular complexity index is 1030.